The molecule has 1 saturated heterocycles. The third-order valence-electron chi connectivity index (χ3n) is 3.83. The highest BCUT2D eigenvalue weighted by Crippen LogP contribution is 2.16. The smallest absolute Gasteiger partial charge is 0.0928 e. The van der Waals surface area contributed by atoms with Crippen LogP contribution < -0.4 is 0 Å². The number of hydrogen-bond acceptors (Lipinski definition) is 4. The maximum Gasteiger partial charge on any atom is 0.0928 e. The minimum Gasteiger partial charge on any atom is -0.381 e. The van der Waals surface area contributed by atoms with Gasteiger partial charge in [-0.25, -0.2) is 4.98 Å². The number of hydrogen-bond donors (Lipinski definition) is 0. The Morgan fingerprint density at radius 2 is 2.20 bits per heavy atom. The standard InChI is InChI=1S/C15H25ClN2OS/c1-18(11-13-5-8-19-9-6-13)7-3-2-4-15-17-14(10-16)12-20-15/h12-13H,2-11H2,1H3. The van der Waals surface area contributed by atoms with Gasteiger partial charge in [-0.05, 0) is 51.6 Å². The predicted molar refractivity (Wildman–Crippen MR) is 85.6 cm³/mol. The number of nitrogens with zero attached hydrogens (tertiary/aromatic N) is 2. The third kappa shape index (κ3) is 5.68. The van der Waals surface area contributed by atoms with Gasteiger partial charge in [-0.1, -0.05) is 0 Å². The first kappa shape index (κ1) is 16.2. The summed E-state index contributed by atoms with van der Waals surface area (Å²) < 4.78 is 5.41. The Hall–Kier alpha value is -0.160. The van der Waals surface area contributed by atoms with Crippen LogP contribution in [0, 0.1) is 5.92 Å². The van der Waals surface area contributed by atoms with Crippen molar-refractivity contribution in [2.24, 2.45) is 5.92 Å². The molecule has 2 heterocycles. The van der Waals surface area contributed by atoms with Gasteiger partial charge in [0.15, 0.2) is 0 Å². The molecule has 0 atom stereocenters. The lowest BCUT2D eigenvalue weighted by atomic mass is 10.00. The van der Waals surface area contributed by atoms with Crippen molar-refractivity contribution in [3.8, 4) is 0 Å². The van der Waals surface area contributed by atoms with Crippen LogP contribution in [-0.4, -0.2) is 43.2 Å². The van der Waals surface area contributed by atoms with Crippen LogP contribution in [0.4, 0.5) is 0 Å². The minimum absolute atomic E-state index is 0.532. The molecule has 2 rings (SSSR count). The van der Waals surface area contributed by atoms with Crippen LogP contribution in [0.1, 0.15) is 36.4 Å². The molecule has 0 saturated carbocycles. The van der Waals surface area contributed by atoms with Crippen LogP contribution in [-0.2, 0) is 17.0 Å². The number of aromatic nitrogens is 1. The molecule has 1 aliphatic heterocycles. The molecular formula is C15H25ClN2OS. The number of thiazole rings is 1. The van der Waals surface area contributed by atoms with Crippen LogP contribution in [0.25, 0.3) is 0 Å². The summed E-state index contributed by atoms with van der Waals surface area (Å²) in [4.78, 5) is 6.97. The zero-order valence-corrected chi connectivity index (χ0v) is 13.9. The van der Waals surface area contributed by atoms with Crippen molar-refractivity contribution in [2.45, 2.75) is 38.0 Å². The predicted octanol–water partition coefficient (Wildman–Crippen LogP) is 3.56. The van der Waals surface area contributed by atoms with Crippen LogP contribution in [0.5, 0.6) is 0 Å². The zero-order chi connectivity index (χ0) is 14.2. The summed E-state index contributed by atoms with van der Waals surface area (Å²) >= 11 is 7.50. The molecule has 0 N–H and O–H groups in total. The minimum atomic E-state index is 0.532. The van der Waals surface area contributed by atoms with E-state index in [1.54, 1.807) is 11.3 Å². The number of unbranched alkanes of at least 4 members (excludes halogenated alkanes) is 1. The van der Waals surface area contributed by atoms with Gasteiger partial charge >= 0.3 is 0 Å². The molecule has 0 spiro atoms. The monoisotopic (exact) mass is 316 g/mol. The molecule has 1 aromatic rings. The van der Waals surface area contributed by atoms with Gasteiger partial charge in [-0.3, -0.25) is 0 Å². The van der Waals surface area contributed by atoms with Crippen LogP contribution >= 0.6 is 22.9 Å². The SMILES string of the molecule is CN(CCCCc1nc(CCl)cs1)CC1CCOCC1. The van der Waals surface area contributed by atoms with E-state index in [0.29, 0.717) is 5.88 Å². The van der Waals surface area contributed by atoms with E-state index in [0.717, 1.165) is 31.2 Å². The molecule has 0 aliphatic carbocycles. The van der Waals surface area contributed by atoms with Crippen molar-refractivity contribution in [3.05, 3.63) is 16.1 Å². The van der Waals surface area contributed by atoms with Crippen molar-refractivity contribution in [2.75, 3.05) is 33.4 Å². The van der Waals surface area contributed by atoms with E-state index in [-0.39, 0.29) is 0 Å². The molecule has 1 aromatic heterocycles. The summed E-state index contributed by atoms with van der Waals surface area (Å²) in [6, 6.07) is 0. The maximum atomic E-state index is 5.76. The van der Waals surface area contributed by atoms with Crippen molar-refractivity contribution < 1.29 is 4.74 Å². The second-order valence-electron chi connectivity index (χ2n) is 5.64. The van der Waals surface area contributed by atoms with Crippen LogP contribution in [0.15, 0.2) is 5.38 Å². The Kier molecular flexibility index (Phi) is 7.28. The van der Waals surface area contributed by atoms with E-state index < -0.39 is 0 Å². The Labute approximate surface area is 131 Å². The van der Waals surface area contributed by atoms with Gasteiger partial charge in [0, 0.05) is 25.1 Å². The first-order chi connectivity index (χ1) is 9.78. The number of aryl methyl sites for hydroxylation is 1. The van der Waals surface area contributed by atoms with Crippen LogP contribution in [0.3, 0.4) is 0 Å². The quantitative estimate of drug-likeness (QED) is 0.541. The molecule has 114 valence electrons. The highest BCUT2D eigenvalue weighted by atomic mass is 35.5. The molecule has 0 radical (unpaired) electrons. The largest absolute Gasteiger partial charge is 0.381 e. The topological polar surface area (TPSA) is 25.4 Å². The second-order valence-corrected chi connectivity index (χ2v) is 6.85. The lowest BCUT2D eigenvalue weighted by Gasteiger charge is -2.27. The van der Waals surface area contributed by atoms with Gasteiger partial charge in [0.2, 0.25) is 0 Å². The summed E-state index contributed by atoms with van der Waals surface area (Å²) in [6.07, 6.45) is 6.00. The second kappa shape index (κ2) is 8.98. The fourth-order valence-electron chi connectivity index (χ4n) is 2.64. The summed E-state index contributed by atoms with van der Waals surface area (Å²) in [5, 5.41) is 3.30. The van der Waals surface area contributed by atoms with Gasteiger partial charge in [-0.15, -0.1) is 22.9 Å². The summed E-state index contributed by atoms with van der Waals surface area (Å²) in [6.45, 7) is 4.30. The number of alkyl halides is 1. The molecule has 1 aliphatic rings. The van der Waals surface area contributed by atoms with E-state index in [9.17, 15) is 0 Å². The van der Waals surface area contributed by atoms with Gasteiger partial charge in [0.25, 0.3) is 0 Å². The fraction of sp³-hybridized carbons (Fsp3) is 0.800. The van der Waals surface area contributed by atoms with Crippen molar-refractivity contribution in [1.82, 2.24) is 9.88 Å². The number of halogens is 1. The molecule has 0 unspecified atom stereocenters. The summed E-state index contributed by atoms with van der Waals surface area (Å²) in [5.41, 5.74) is 1.02. The van der Waals surface area contributed by atoms with E-state index in [1.807, 2.05) is 0 Å². The first-order valence-electron chi connectivity index (χ1n) is 7.53. The molecule has 3 nitrogen and oxygen atoms in total. The van der Waals surface area contributed by atoms with Gasteiger partial charge in [-0.2, -0.15) is 0 Å². The fourth-order valence-corrected chi connectivity index (χ4v) is 3.71. The van der Waals surface area contributed by atoms with E-state index in [4.69, 9.17) is 16.3 Å². The molecule has 20 heavy (non-hydrogen) atoms. The van der Waals surface area contributed by atoms with E-state index in [2.05, 4.69) is 22.3 Å². The summed E-state index contributed by atoms with van der Waals surface area (Å²) in [5.74, 6) is 1.36. The van der Waals surface area contributed by atoms with E-state index >= 15 is 0 Å². The number of rotatable bonds is 8. The molecule has 0 aromatic carbocycles. The van der Waals surface area contributed by atoms with Crippen molar-refractivity contribution >= 4 is 22.9 Å². The number of ether oxygens (including phenoxy) is 1. The normalized spacial score (nSPS) is 16.9. The average molecular weight is 317 g/mol. The van der Waals surface area contributed by atoms with Crippen LogP contribution in [0.2, 0.25) is 0 Å². The Balaban J connectivity index is 1.55. The molecular weight excluding hydrogens is 292 g/mol. The lowest BCUT2D eigenvalue weighted by molar-refractivity contribution is 0.0556. The highest BCUT2D eigenvalue weighted by Gasteiger charge is 2.15. The molecule has 0 bridgehead atoms. The molecule has 1 fully saturated rings. The Morgan fingerprint density at radius 3 is 2.90 bits per heavy atom. The summed E-state index contributed by atoms with van der Waals surface area (Å²) in [7, 11) is 2.24. The average Bonchev–Trinajstić information content (AvgIpc) is 2.93. The van der Waals surface area contributed by atoms with Crippen molar-refractivity contribution in [3.63, 3.8) is 0 Å². The highest BCUT2D eigenvalue weighted by molar-refractivity contribution is 7.09. The maximum absolute atomic E-state index is 5.76. The zero-order valence-electron chi connectivity index (χ0n) is 12.3. The van der Waals surface area contributed by atoms with Crippen molar-refractivity contribution in [1.29, 1.82) is 0 Å². The molecule has 5 heteroatoms. The lowest BCUT2D eigenvalue weighted by Crippen LogP contribution is -2.30. The first-order valence-corrected chi connectivity index (χ1v) is 8.95. The third-order valence-corrected chi connectivity index (χ3v) is 5.06. The van der Waals surface area contributed by atoms with Gasteiger partial charge < -0.3 is 9.64 Å². The Morgan fingerprint density at radius 1 is 1.40 bits per heavy atom. The van der Waals surface area contributed by atoms with Gasteiger partial charge in [0.05, 0.1) is 16.6 Å². The van der Waals surface area contributed by atoms with E-state index in [1.165, 1.54) is 43.8 Å². The molecule has 0 amide bonds. The van der Waals surface area contributed by atoms with Gasteiger partial charge in [0.1, 0.15) is 0 Å². The Bertz CT molecular complexity index is 380.